The minimum absolute atomic E-state index is 0.179. The van der Waals surface area contributed by atoms with Crippen molar-refractivity contribution in [2.75, 3.05) is 0 Å². The number of para-hydroxylation sites is 1. The molecular formula is C23H25FO2. The van der Waals surface area contributed by atoms with Crippen LogP contribution in [0, 0.1) is 11.2 Å². The van der Waals surface area contributed by atoms with E-state index in [2.05, 4.69) is 12.7 Å². The summed E-state index contributed by atoms with van der Waals surface area (Å²) in [6.07, 6.45) is 5.25. The van der Waals surface area contributed by atoms with Crippen LogP contribution in [0.15, 0.2) is 66.8 Å². The average molecular weight is 352 g/mol. The SMILES string of the molecule is C=CC(C)(CCC=C(C)C)C1(O)c2ccccc2Oc2cccc(F)c21. The second kappa shape index (κ2) is 6.73. The Morgan fingerprint density at radius 2 is 1.88 bits per heavy atom. The molecule has 2 nitrogen and oxygen atoms in total. The van der Waals surface area contributed by atoms with Gasteiger partial charge in [-0.25, -0.2) is 4.39 Å². The van der Waals surface area contributed by atoms with Crippen LogP contribution in [-0.4, -0.2) is 5.11 Å². The monoisotopic (exact) mass is 352 g/mol. The fourth-order valence-electron chi connectivity index (χ4n) is 3.73. The molecule has 3 heteroatoms. The zero-order chi connectivity index (χ0) is 18.9. The van der Waals surface area contributed by atoms with Crippen molar-refractivity contribution in [2.45, 2.75) is 39.2 Å². The molecule has 0 amide bonds. The molecular weight excluding hydrogens is 327 g/mol. The van der Waals surface area contributed by atoms with Crippen molar-refractivity contribution >= 4 is 0 Å². The molecule has 2 aromatic carbocycles. The lowest BCUT2D eigenvalue weighted by atomic mass is 9.62. The molecule has 0 aromatic heterocycles. The molecule has 2 atom stereocenters. The summed E-state index contributed by atoms with van der Waals surface area (Å²) in [6, 6.07) is 11.9. The van der Waals surface area contributed by atoms with Gasteiger partial charge in [0.15, 0.2) is 0 Å². The molecule has 0 fully saturated rings. The molecule has 0 saturated carbocycles. The summed E-state index contributed by atoms with van der Waals surface area (Å²) >= 11 is 0. The Labute approximate surface area is 154 Å². The maximum Gasteiger partial charge on any atom is 0.136 e. The quantitative estimate of drug-likeness (QED) is 0.658. The van der Waals surface area contributed by atoms with E-state index in [0.29, 0.717) is 23.5 Å². The number of benzene rings is 2. The van der Waals surface area contributed by atoms with Crippen LogP contribution in [0.3, 0.4) is 0 Å². The van der Waals surface area contributed by atoms with Gasteiger partial charge in [0.2, 0.25) is 0 Å². The second-order valence-corrected chi connectivity index (χ2v) is 7.36. The van der Waals surface area contributed by atoms with Crippen LogP contribution in [0.25, 0.3) is 0 Å². The third-order valence-electron chi connectivity index (χ3n) is 5.33. The van der Waals surface area contributed by atoms with E-state index in [1.807, 2.05) is 32.9 Å². The Morgan fingerprint density at radius 1 is 1.19 bits per heavy atom. The standard InChI is InChI=1S/C23H25FO2/c1-5-22(4,15-9-10-16(2)3)23(25)17-11-6-7-13-19(17)26-20-14-8-12-18(24)21(20)23/h5-8,10-14,25H,1,9,15H2,2-4H3. The van der Waals surface area contributed by atoms with Crippen LogP contribution in [0.1, 0.15) is 44.7 Å². The topological polar surface area (TPSA) is 29.5 Å². The zero-order valence-corrected chi connectivity index (χ0v) is 15.6. The van der Waals surface area contributed by atoms with E-state index in [1.54, 1.807) is 30.3 Å². The summed E-state index contributed by atoms with van der Waals surface area (Å²) < 4.78 is 20.8. The molecule has 2 aromatic rings. The highest BCUT2D eigenvalue weighted by Gasteiger charge is 2.53. The molecule has 0 saturated heterocycles. The van der Waals surface area contributed by atoms with Crippen molar-refractivity contribution in [3.8, 4) is 11.5 Å². The molecule has 2 unspecified atom stereocenters. The van der Waals surface area contributed by atoms with Crippen molar-refractivity contribution in [2.24, 2.45) is 5.41 Å². The largest absolute Gasteiger partial charge is 0.456 e. The Bertz CT molecular complexity index is 866. The first-order valence-electron chi connectivity index (χ1n) is 8.89. The van der Waals surface area contributed by atoms with Crippen molar-refractivity contribution < 1.29 is 14.2 Å². The maximum atomic E-state index is 14.9. The molecule has 0 aliphatic carbocycles. The summed E-state index contributed by atoms with van der Waals surface area (Å²) in [5.41, 5.74) is -0.395. The summed E-state index contributed by atoms with van der Waals surface area (Å²) in [6.45, 7) is 9.99. The Kier molecular flexibility index (Phi) is 4.76. The van der Waals surface area contributed by atoms with Crippen molar-refractivity contribution in [1.82, 2.24) is 0 Å². The highest BCUT2D eigenvalue weighted by molar-refractivity contribution is 5.58. The zero-order valence-electron chi connectivity index (χ0n) is 15.6. The van der Waals surface area contributed by atoms with Gasteiger partial charge in [0.25, 0.3) is 0 Å². The number of aliphatic hydroxyl groups is 1. The number of fused-ring (bicyclic) bond motifs is 2. The van der Waals surface area contributed by atoms with E-state index in [-0.39, 0.29) is 5.56 Å². The Balaban J connectivity index is 2.23. The van der Waals surface area contributed by atoms with E-state index in [0.717, 1.165) is 6.42 Å². The second-order valence-electron chi connectivity index (χ2n) is 7.36. The molecule has 0 radical (unpaired) electrons. The molecule has 136 valence electrons. The molecule has 1 aliphatic rings. The van der Waals surface area contributed by atoms with E-state index < -0.39 is 16.8 Å². The van der Waals surface area contributed by atoms with Gasteiger partial charge in [-0.3, -0.25) is 0 Å². The van der Waals surface area contributed by atoms with Crippen LogP contribution in [0.4, 0.5) is 4.39 Å². The fourth-order valence-corrected chi connectivity index (χ4v) is 3.73. The number of allylic oxidation sites excluding steroid dienone is 2. The number of rotatable bonds is 5. The lowest BCUT2D eigenvalue weighted by Crippen LogP contribution is -2.46. The maximum absolute atomic E-state index is 14.9. The lowest BCUT2D eigenvalue weighted by molar-refractivity contribution is -0.0332. The molecule has 26 heavy (non-hydrogen) atoms. The minimum atomic E-state index is -1.57. The minimum Gasteiger partial charge on any atom is -0.456 e. The number of halogens is 1. The van der Waals surface area contributed by atoms with Crippen LogP contribution >= 0.6 is 0 Å². The van der Waals surface area contributed by atoms with Gasteiger partial charge >= 0.3 is 0 Å². The van der Waals surface area contributed by atoms with Crippen LogP contribution < -0.4 is 4.74 Å². The first kappa shape index (κ1) is 18.4. The van der Waals surface area contributed by atoms with Gasteiger partial charge in [-0.2, -0.15) is 0 Å². The van der Waals surface area contributed by atoms with Gasteiger partial charge in [0.1, 0.15) is 22.9 Å². The highest BCUT2D eigenvalue weighted by atomic mass is 19.1. The number of ether oxygens (including phenoxy) is 1. The predicted octanol–water partition coefficient (Wildman–Crippen LogP) is 6.11. The Hall–Kier alpha value is -2.39. The third kappa shape index (κ3) is 2.77. The van der Waals surface area contributed by atoms with Crippen molar-refractivity contribution in [1.29, 1.82) is 0 Å². The van der Waals surface area contributed by atoms with Gasteiger partial charge in [0, 0.05) is 11.0 Å². The molecule has 1 aliphatic heterocycles. The van der Waals surface area contributed by atoms with Gasteiger partial charge in [-0.15, -0.1) is 6.58 Å². The normalized spacial score (nSPS) is 20.2. The van der Waals surface area contributed by atoms with Crippen molar-refractivity contribution in [3.05, 3.63) is 83.7 Å². The Morgan fingerprint density at radius 3 is 2.58 bits per heavy atom. The van der Waals surface area contributed by atoms with Gasteiger partial charge < -0.3 is 9.84 Å². The first-order chi connectivity index (χ1) is 12.3. The lowest BCUT2D eigenvalue weighted by Gasteiger charge is -2.47. The third-order valence-corrected chi connectivity index (χ3v) is 5.33. The van der Waals surface area contributed by atoms with Gasteiger partial charge in [0.05, 0.1) is 5.56 Å². The van der Waals surface area contributed by atoms with Crippen LogP contribution in [0.5, 0.6) is 11.5 Å². The van der Waals surface area contributed by atoms with E-state index in [9.17, 15) is 9.50 Å². The predicted molar refractivity (Wildman–Crippen MR) is 103 cm³/mol. The average Bonchev–Trinajstić information content (AvgIpc) is 2.61. The van der Waals surface area contributed by atoms with Crippen LogP contribution in [0.2, 0.25) is 0 Å². The molecule has 0 bridgehead atoms. The van der Waals surface area contributed by atoms with E-state index >= 15 is 0 Å². The first-order valence-corrected chi connectivity index (χ1v) is 8.89. The summed E-state index contributed by atoms with van der Waals surface area (Å²) in [4.78, 5) is 0. The van der Waals surface area contributed by atoms with E-state index in [1.165, 1.54) is 11.6 Å². The number of hydrogen-bond donors (Lipinski definition) is 1. The highest BCUT2D eigenvalue weighted by Crippen LogP contribution is 2.57. The molecule has 1 N–H and O–H groups in total. The summed E-state index contributed by atoms with van der Waals surface area (Å²) in [5, 5.41) is 12.0. The molecule has 0 spiro atoms. The van der Waals surface area contributed by atoms with Gasteiger partial charge in [-0.1, -0.05) is 48.9 Å². The summed E-state index contributed by atoms with van der Waals surface area (Å²) in [7, 11) is 0. The summed E-state index contributed by atoms with van der Waals surface area (Å²) in [5.74, 6) is 0.416. The molecule has 3 rings (SSSR count). The fraction of sp³-hybridized carbons (Fsp3) is 0.304. The van der Waals surface area contributed by atoms with E-state index in [4.69, 9.17) is 4.74 Å². The molecule has 1 heterocycles. The van der Waals surface area contributed by atoms with Crippen LogP contribution in [-0.2, 0) is 5.60 Å². The smallest absolute Gasteiger partial charge is 0.136 e. The number of hydrogen-bond acceptors (Lipinski definition) is 2. The van der Waals surface area contributed by atoms with Crippen molar-refractivity contribution in [3.63, 3.8) is 0 Å². The van der Waals surface area contributed by atoms with Gasteiger partial charge in [-0.05, 0) is 44.9 Å².